The topological polar surface area (TPSA) is 46.6 Å². The van der Waals surface area contributed by atoms with Crippen LogP contribution in [-0.4, -0.2) is 29.9 Å². The molecule has 1 aliphatic rings. The molecule has 16 heavy (non-hydrogen) atoms. The van der Waals surface area contributed by atoms with Gasteiger partial charge in [0.05, 0.1) is 18.0 Å². The number of carbonyl (C=O) groups excluding carboxylic acids is 2. The quantitative estimate of drug-likeness (QED) is 0.755. The summed E-state index contributed by atoms with van der Waals surface area (Å²) in [6, 6.07) is 1.90. The van der Waals surface area contributed by atoms with Crippen molar-refractivity contribution in [3.63, 3.8) is 0 Å². The summed E-state index contributed by atoms with van der Waals surface area (Å²) in [7, 11) is 0. The van der Waals surface area contributed by atoms with E-state index in [1.807, 2.05) is 11.4 Å². The second kappa shape index (κ2) is 4.65. The van der Waals surface area contributed by atoms with Gasteiger partial charge in [0, 0.05) is 13.0 Å². The summed E-state index contributed by atoms with van der Waals surface area (Å²) in [5, 5.41) is 1.89. The lowest BCUT2D eigenvalue weighted by Gasteiger charge is -2.18. The molecule has 1 aliphatic heterocycles. The van der Waals surface area contributed by atoms with Gasteiger partial charge in [-0.15, -0.1) is 11.3 Å². The van der Waals surface area contributed by atoms with Crippen molar-refractivity contribution in [1.29, 1.82) is 0 Å². The van der Waals surface area contributed by atoms with Crippen molar-refractivity contribution in [2.75, 3.05) is 13.2 Å². The number of fused-ring (bicyclic) bond motifs is 1. The van der Waals surface area contributed by atoms with E-state index in [1.165, 1.54) is 11.3 Å². The Balaban J connectivity index is 2.17. The molecule has 2 heterocycles. The molecule has 0 spiro atoms. The number of carbonyl (C=O) groups is 2. The Bertz CT molecular complexity index is 413. The van der Waals surface area contributed by atoms with Crippen LogP contribution in [0.4, 0.5) is 4.79 Å². The molecule has 0 fully saturated rings. The predicted octanol–water partition coefficient (Wildman–Crippen LogP) is 2.29. The Morgan fingerprint density at radius 3 is 3.19 bits per heavy atom. The summed E-state index contributed by atoms with van der Waals surface area (Å²) in [4.78, 5) is 25.7. The van der Waals surface area contributed by atoms with Crippen molar-refractivity contribution in [3.8, 4) is 0 Å². The van der Waals surface area contributed by atoms with Crippen LogP contribution in [0.3, 0.4) is 0 Å². The number of ketones is 1. The molecule has 0 unspecified atom stereocenters. The highest BCUT2D eigenvalue weighted by atomic mass is 32.1. The molecule has 2 rings (SSSR count). The van der Waals surface area contributed by atoms with E-state index in [1.54, 1.807) is 11.8 Å². The maximum atomic E-state index is 11.7. The van der Waals surface area contributed by atoms with Crippen LogP contribution in [0.5, 0.6) is 0 Å². The van der Waals surface area contributed by atoms with Gasteiger partial charge in [-0.25, -0.2) is 4.79 Å². The van der Waals surface area contributed by atoms with Crippen molar-refractivity contribution in [2.24, 2.45) is 0 Å². The zero-order valence-corrected chi connectivity index (χ0v) is 9.88. The molecule has 86 valence electrons. The summed E-state index contributed by atoms with van der Waals surface area (Å²) < 4.78 is 4.94. The second-order valence-electron chi connectivity index (χ2n) is 3.57. The fraction of sp³-hybridized carbons (Fsp3) is 0.455. The van der Waals surface area contributed by atoms with Gasteiger partial charge >= 0.3 is 6.09 Å². The molecular weight excluding hydrogens is 226 g/mol. The largest absolute Gasteiger partial charge is 0.450 e. The van der Waals surface area contributed by atoms with E-state index in [9.17, 15) is 9.59 Å². The van der Waals surface area contributed by atoms with Crippen LogP contribution in [0, 0.1) is 0 Å². The first-order chi connectivity index (χ1) is 7.72. The van der Waals surface area contributed by atoms with E-state index in [0.29, 0.717) is 26.1 Å². The normalized spacial score (nSPS) is 15.6. The number of hydrogen-bond acceptors (Lipinski definition) is 4. The number of ether oxygens (including phenoxy) is 1. The number of hydrogen-bond donors (Lipinski definition) is 0. The van der Waals surface area contributed by atoms with Crippen molar-refractivity contribution in [2.45, 2.75) is 19.9 Å². The van der Waals surface area contributed by atoms with Crippen LogP contribution in [0.15, 0.2) is 11.4 Å². The van der Waals surface area contributed by atoms with Crippen LogP contribution in [-0.2, 0) is 11.3 Å². The highest BCUT2D eigenvalue weighted by Crippen LogP contribution is 2.24. The van der Waals surface area contributed by atoms with Gasteiger partial charge in [0.15, 0.2) is 5.78 Å². The lowest BCUT2D eigenvalue weighted by molar-refractivity contribution is 0.0941. The van der Waals surface area contributed by atoms with Gasteiger partial charge in [-0.3, -0.25) is 4.79 Å². The first-order valence-corrected chi connectivity index (χ1v) is 6.11. The molecule has 0 saturated carbocycles. The molecule has 0 radical (unpaired) electrons. The minimum Gasteiger partial charge on any atom is -0.450 e. The van der Waals surface area contributed by atoms with Gasteiger partial charge in [0.1, 0.15) is 0 Å². The number of thiophene rings is 1. The van der Waals surface area contributed by atoms with E-state index in [2.05, 4.69) is 0 Å². The van der Waals surface area contributed by atoms with Gasteiger partial charge in [-0.2, -0.15) is 0 Å². The monoisotopic (exact) mass is 239 g/mol. The maximum Gasteiger partial charge on any atom is 0.410 e. The van der Waals surface area contributed by atoms with Gasteiger partial charge in [-0.1, -0.05) is 0 Å². The van der Waals surface area contributed by atoms with Crippen molar-refractivity contribution >= 4 is 23.2 Å². The Hall–Kier alpha value is -1.36. The molecule has 0 aromatic carbocycles. The molecular formula is C11H13NO3S. The highest BCUT2D eigenvalue weighted by Gasteiger charge is 2.24. The van der Waals surface area contributed by atoms with Gasteiger partial charge in [-0.05, 0) is 23.9 Å². The van der Waals surface area contributed by atoms with Crippen LogP contribution >= 0.6 is 11.3 Å². The third-order valence-electron chi connectivity index (χ3n) is 2.50. The Kier molecular flexibility index (Phi) is 3.24. The van der Waals surface area contributed by atoms with Crippen LogP contribution in [0.2, 0.25) is 0 Å². The van der Waals surface area contributed by atoms with Crippen LogP contribution in [0.25, 0.3) is 0 Å². The molecule has 4 nitrogen and oxygen atoms in total. The smallest absolute Gasteiger partial charge is 0.410 e. The SMILES string of the molecule is CCOC(=O)N1CCC(=O)c2sccc2C1. The number of nitrogens with zero attached hydrogens (tertiary/aromatic N) is 1. The molecule has 1 amide bonds. The standard InChI is InChI=1S/C11H13NO3S/c1-2-15-11(14)12-5-3-9(13)10-8(7-12)4-6-16-10/h4,6H,2-3,5,7H2,1H3. The van der Waals surface area contributed by atoms with Crippen LogP contribution < -0.4 is 0 Å². The summed E-state index contributed by atoms with van der Waals surface area (Å²) >= 11 is 1.45. The zero-order chi connectivity index (χ0) is 11.5. The first-order valence-electron chi connectivity index (χ1n) is 5.23. The molecule has 0 bridgehead atoms. The van der Waals surface area contributed by atoms with E-state index in [-0.39, 0.29) is 11.9 Å². The Morgan fingerprint density at radius 2 is 2.44 bits per heavy atom. The predicted molar refractivity (Wildman–Crippen MR) is 60.7 cm³/mol. The van der Waals surface area contributed by atoms with E-state index >= 15 is 0 Å². The molecule has 0 saturated heterocycles. The third kappa shape index (κ3) is 2.09. The lowest BCUT2D eigenvalue weighted by atomic mass is 10.2. The zero-order valence-electron chi connectivity index (χ0n) is 9.06. The van der Waals surface area contributed by atoms with E-state index in [4.69, 9.17) is 4.74 Å². The van der Waals surface area contributed by atoms with Gasteiger partial charge in [0.25, 0.3) is 0 Å². The minimum atomic E-state index is -0.339. The minimum absolute atomic E-state index is 0.122. The van der Waals surface area contributed by atoms with Gasteiger partial charge < -0.3 is 9.64 Å². The Morgan fingerprint density at radius 1 is 1.62 bits per heavy atom. The molecule has 0 atom stereocenters. The average Bonchev–Trinajstić information content (AvgIpc) is 2.66. The Labute approximate surface area is 97.8 Å². The summed E-state index contributed by atoms with van der Waals surface area (Å²) in [5.74, 6) is 0.122. The molecule has 1 aromatic heterocycles. The number of Topliss-reactive ketones (excluding diaryl/α,β-unsaturated/α-hetero) is 1. The van der Waals surface area contributed by atoms with Crippen LogP contribution in [0.1, 0.15) is 28.6 Å². The molecule has 5 heteroatoms. The van der Waals surface area contributed by atoms with Crippen molar-refractivity contribution in [1.82, 2.24) is 4.90 Å². The average molecular weight is 239 g/mol. The number of rotatable bonds is 1. The fourth-order valence-electron chi connectivity index (χ4n) is 1.71. The maximum absolute atomic E-state index is 11.7. The lowest BCUT2D eigenvalue weighted by Crippen LogP contribution is -2.31. The van der Waals surface area contributed by atoms with Crippen molar-refractivity contribution in [3.05, 3.63) is 21.9 Å². The first kappa shape index (κ1) is 11.1. The highest BCUT2D eigenvalue weighted by molar-refractivity contribution is 7.12. The molecule has 0 aliphatic carbocycles. The van der Waals surface area contributed by atoms with Gasteiger partial charge in [0.2, 0.25) is 0 Å². The van der Waals surface area contributed by atoms with E-state index < -0.39 is 0 Å². The fourth-order valence-corrected chi connectivity index (χ4v) is 2.60. The summed E-state index contributed by atoms with van der Waals surface area (Å²) in [6.07, 6.45) is 0.0427. The summed E-state index contributed by atoms with van der Waals surface area (Å²) in [5.41, 5.74) is 0.931. The summed E-state index contributed by atoms with van der Waals surface area (Å²) in [6.45, 7) is 3.05. The van der Waals surface area contributed by atoms with Crippen molar-refractivity contribution < 1.29 is 14.3 Å². The van der Waals surface area contributed by atoms with E-state index in [0.717, 1.165) is 10.4 Å². The molecule has 1 aromatic rings. The second-order valence-corrected chi connectivity index (χ2v) is 4.48. The molecule has 0 N–H and O–H groups in total. The number of amides is 1. The third-order valence-corrected chi connectivity index (χ3v) is 3.49.